The van der Waals surface area contributed by atoms with Gasteiger partial charge in [0.15, 0.2) is 0 Å². The molecule has 0 saturated heterocycles. The number of nitro groups is 1. The van der Waals surface area contributed by atoms with Crippen molar-refractivity contribution in [3.63, 3.8) is 0 Å². The molecule has 0 spiro atoms. The number of hydrogen-bond acceptors (Lipinski definition) is 4. The second-order valence-corrected chi connectivity index (χ2v) is 3.98. The molecule has 1 rings (SSSR count). The van der Waals surface area contributed by atoms with Crippen LogP contribution in [0.25, 0.3) is 0 Å². The molecule has 1 heterocycles. The molecule has 17 heavy (non-hydrogen) atoms. The molecule has 0 aliphatic rings. The molecular formula is C8H5F2IN2O4. The van der Waals surface area contributed by atoms with Gasteiger partial charge in [-0.3, -0.25) is 14.9 Å². The van der Waals surface area contributed by atoms with Gasteiger partial charge in [-0.2, -0.15) is 0 Å². The first-order valence-corrected chi connectivity index (χ1v) is 5.24. The van der Waals surface area contributed by atoms with Gasteiger partial charge in [-0.25, -0.2) is 13.8 Å². The summed E-state index contributed by atoms with van der Waals surface area (Å²) in [6.45, 7) is 0. The molecule has 6 nitrogen and oxygen atoms in total. The molecule has 0 fully saturated rings. The Labute approximate surface area is 107 Å². The third kappa shape index (κ3) is 3.05. The average Bonchev–Trinajstić information content (AvgIpc) is 2.19. The third-order valence-corrected chi connectivity index (χ3v) is 2.82. The predicted molar refractivity (Wildman–Crippen MR) is 59.9 cm³/mol. The number of hydrogen-bond donors (Lipinski definition) is 1. The van der Waals surface area contributed by atoms with E-state index in [4.69, 9.17) is 5.11 Å². The number of aliphatic carboxylic acids is 1. The number of rotatable bonds is 4. The molecule has 1 N–H and O–H groups in total. The van der Waals surface area contributed by atoms with Crippen molar-refractivity contribution in [2.45, 2.75) is 12.8 Å². The third-order valence-electron chi connectivity index (χ3n) is 1.89. The predicted octanol–water partition coefficient (Wildman–Crippen LogP) is 2.16. The average molecular weight is 358 g/mol. The minimum absolute atomic E-state index is 0.0194. The van der Waals surface area contributed by atoms with E-state index in [9.17, 15) is 23.7 Å². The Morgan fingerprint density at radius 3 is 2.65 bits per heavy atom. The highest BCUT2D eigenvalue weighted by Gasteiger charge is 2.28. The SMILES string of the molecule is O=C(O)Cc1c(I)ncc([N+](=O)[O-])c1C(F)F. The maximum Gasteiger partial charge on any atom is 0.307 e. The van der Waals surface area contributed by atoms with Gasteiger partial charge in [0.1, 0.15) is 15.5 Å². The highest BCUT2D eigenvalue weighted by atomic mass is 127. The Morgan fingerprint density at radius 2 is 2.24 bits per heavy atom. The fourth-order valence-corrected chi connectivity index (χ4v) is 1.86. The summed E-state index contributed by atoms with van der Waals surface area (Å²) in [6, 6.07) is 0. The number of pyridine rings is 1. The first kappa shape index (κ1) is 13.7. The Hall–Kier alpha value is -1.39. The van der Waals surface area contributed by atoms with Gasteiger partial charge < -0.3 is 5.11 Å². The van der Waals surface area contributed by atoms with Gasteiger partial charge in [0.25, 0.3) is 12.1 Å². The van der Waals surface area contributed by atoms with Crippen LogP contribution >= 0.6 is 22.6 Å². The van der Waals surface area contributed by atoms with Gasteiger partial charge in [0, 0.05) is 5.56 Å². The van der Waals surface area contributed by atoms with Gasteiger partial charge in [-0.1, -0.05) is 0 Å². The maximum absolute atomic E-state index is 12.8. The molecule has 0 aliphatic heterocycles. The summed E-state index contributed by atoms with van der Waals surface area (Å²) < 4.78 is 25.5. The molecule has 0 saturated carbocycles. The van der Waals surface area contributed by atoms with Gasteiger partial charge in [0.05, 0.1) is 11.3 Å². The van der Waals surface area contributed by atoms with Crippen molar-refractivity contribution in [3.05, 3.63) is 31.1 Å². The van der Waals surface area contributed by atoms with E-state index in [0.717, 1.165) is 0 Å². The van der Waals surface area contributed by atoms with Gasteiger partial charge in [-0.05, 0) is 22.6 Å². The van der Waals surface area contributed by atoms with E-state index >= 15 is 0 Å². The Morgan fingerprint density at radius 1 is 1.65 bits per heavy atom. The first-order chi connectivity index (χ1) is 7.84. The zero-order valence-corrected chi connectivity index (χ0v) is 10.2. The Kier molecular flexibility index (Phi) is 4.26. The van der Waals surface area contributed by atoms with E-state index < -0.39 is 35.0 Å². The molecule has 1 aromatic heterocycles. The van der Waals surface area contributed by atoms with E-state index in [-0.39, 0.29) is 9.26 Å². The van der Waals surface area contributed by atoms with Crippen molar-refractivity contribution in [2.24, 2.45) is 0 Å². The monoisotopic (exact) mass is 358 g/mol. The van der Waals surface area contributed by atoms with E-state index in [2.05, 4.69) is 4.98 Å². The van der Waals surface area contributed by atoms with Crippen molar-refractivity contribution < 1.29 is 23.6 Å². The second-order valence-electron chi connectivity index (χ2n) is 2.95. The summed E-state index contributed by atoms with van der Waals surface area (Å²) in [5.41, 5.74) is -2.06. The lowest BCUT2D eigenvalue weighted by molar-refractivity contribution is -0.386. The summed E-state index contributed by atoms with van der Waals surface area (Å²) in [5.74, 6) is -1.35. The summed E-state index contributed by atoms with van der Waals surface area (Å²) in [5, 5.41) is 19.1. The van der Waals surface area contributed by atoms with E-state index in [1.807, 2.05) is 0 Å². The molecule has 0 aliphatic carbocycles. The Balaban J connectivity index is 3.48. The molecular weight excluding hydrogens is 353 g/mol. The van der Waals surface area contributed by atoms with Crippen LogP contribution in [0.15, 0.2) is 6.20 Å². The summed E-state index contributed by atoms with van der Waals surface area (Å²) in [7, 11) is 0. The number of carboxylic acids is 1. The number of nitrogens with zero attached hydrogens (tertiary/aromatic N) is 2. The summed E-state index contributed by atoms with van der Waals surface area (Å²) in [4.78, 5) is 23.6. The Bertz CT molecular complexity index is 481. The summed E-state index contributed by atoms with van der Waals surface area (Å²) >= 11 is 1.56. The second kappa shape index (κ2) is 5.29. The van der Waals surface area contributed by atoms with Crippen molar-refractivity contribution in [2.75, 3.05) is 0 Å². The van der Waals surface area contributed by atoms with Crippen molar-refractivity contribution >= 4 is 34.2 Å². The first-order valence-electron chi connectivity index (χ1n) is 4.16. The normalized spacial score (nSPS) is 10.6. The smallest absolute Gasteiger partial charge is 0.307 e. The van der Waals surface area contributed by atoms with E-state index in [1.54, 1.807) is 22.6 Å². The number of alkyl halides is 2. The quantitative estimate of drug-likeness (QED) is 0.385. The highest BCUT2D eigenvalue weighted by Crippen LogP contribution is 2.33. The zero-order chi connectivity index (χ0) is 13.2. The molecule has 0 aromatic carbocycles. The van der Waals surface area contributed by atoms with Crippen LogP contribution in [0.1, 0.15) is 17.6 Å². The number of halogens is 3. The zero-order valence-electron chi connectivity index (χ0n) is 8.06. The van der Waals surface area contributed by atoms with E-state index in [0.29, 0.717) is 6.20 Å². The number of carbonyl (C=O) groups is 1. The molecule has 0 bridgehead atoms. The number of carboxylic acid groups (broad SMARTS) is 1. The fourth-order valence-electron chi connectivity index (χ4n) is 1.24. The van der Waals surface area contributed by atoms with Crippen LogP contribution in [0.2, 0.25) is 0 Å². The lowest BCUT2D eigenvalue weighted by Gasteiger charge is -2.08. The van der Waals surface area contributed by atoms with Crippen LogP contribution in [0.3, 0.4) is 0 Å². The van der Waals surface area contributed by atoms with E-state index in [1.165, 1.54) is 0 Å². The minimum Gasteiger partial charge on any atom is -0.481 e. The maximum atomic E-state index is 12.8. The highest BCUT2D eigenvalue weighted by molar-refractivity contribution is 14.1. The molecule has 0 unspecified atom stereocenters. The van der Waals surface area contributed by atoms with Gasteiger partial charge >= 0.3 is 5.97 Å². The standard InChI is InChI=1S/C8H5F2IN2O4/c9-7(10)6-3(1-5(14)15)8(11)12-2-4(6)13(16)17/h2,7H,1H2,(H,14,15). The van der Waals surface area contributed by atoms with Gasteiger partial charge in [0.2, 0.25) is 0 Å². The molecule has 0 radical (unpaired) electrons. The lowest BCUT2D eigenvalue weighted by Crippen LogP contribution is -2.10. The minimum atomic E-state index is -3.12. The van der Waals surface area contributed by atoms with Crippen molar-refractivity contribution in [1.82, 2.24) is 4.98 Å². The number of aromatic nitrogens is 1. The van der Waals surface area contributed by atoms with Crippen molar-refractivity contribution in [1.29, 1.82) is 0 Å². The molecule has 1 aromatic rings. The molecule has 9 heteroatoms. The molecule has 92 valence electrons. The van der Waals surface area contributed by atoms with Crippen LogP contribution in [-0.2, 0) is 11.2 Å². The van der Waals surface area contributed by atoms with Crippen LogP contribution in [0.4, 0.5) is 14.5 Å². The van der Waals surface area contributed by atoms with Crippen molar-refractivity contribution in [3.8, 4) is 0 Å². The summed E-state index contributed by atoms with van der Waals surface area (Å²) in [6.07, 6.45) is -3.15. The van der Waals surface area contributed by atoms with Crippen LogP contribution < -0.4 is 0 Å². The van der Waals surface area contributed by atoms with Gasteiger partial charge in [-0.15, -0.1) is 0 Å². The molecule has 0 atom stereocenters. The molecule has 0 amide bonds. The van der Waals surface area contributed by atoms with Crippen LogP contribution in [-0.4, -0.2) is 21.0 Å². The van der Waals surface area contributed by atoms with Crippen LogP contribution in [0, 0.1) is 13.8 Å². The topological polar surface area (TPSA) is 93.3 Å². The fraction of sp³-hybridized carbons (Fsp3) is 0.250. The lowest BCUT2D eigenvalue weighted by atomic mass is 10.1. The largest absolute Gasteiger partial charge is 0.481 e. The van der Waals surface area contributed by atoms with Crippen LogP contribution in [0.5, 0.6) is 0 Å².